The number of rotatable bonds is 2. The summed E-state index contributed by atoms with van der Waals surface area (Å²) in [5.74, 6) is 1.75. The lowest BCUT2D eigenvalue weighted by molar-refractivity contribution is -0.0726. The zero-order valence-corrected chi connectivity index (χ0v) is 12.3. The molecule has 2 aliphatic heterocycles. The van der Waals surface area contributed by atoms with Gasteiger partial charge in [-0.15, -0.1) is 0 Å². The van der Waals surface area contributed by atoms with Gasteiger partial charge in [-0.2, -0.15) is 4.98 Å². The number of aromatic nitrogens is 2. The molecule has 3 rings (SSSR count). The van der Waals surface area contributed by atoms with Gasteiger partial charge in [-0.1, -0.05) is 0 Å². The highest BCUT2D eigenvalue weighted by Gasteiger charge is 2.38. The Bertz CT molecular complexity index is 453. The van der Waals surface area contributed by atoms with E-state index < -0.39 is 0 Å². The molecular formula is C14H23N5O. The van der Waals surface area contributed by atoms with Gasteiger partial charge in [0.15, 0.2) is 0 Å². The molecule has 3 heterocycles. The molecule has 0 bridgehead atoms. The molecule has 1 aromatic heterocycles. The SMILES string of the molecule is CN(C)c1nccc(N2CCC[C@]3(CNCCO3)C2)n1. The van der Waals surface area contributed by atoms with E-state index in [1.807, 2.05) is 31.3 Å². The van der Waals surface area contributed by atoms with Gasteiger partial charge in [-0.3, -0.25) is 0 Å². The van der Waals surface area contributed by atoms with Crippen molar-refractivity contribution < 1.29 is 4.74 Å². The molecule has 1 spiro atoms. The smallest absolute Gasteiger partial charge is 0.226 e. The minimum Gasteiger partial charge on any atom is -0.371 e. The average Bonchev–Trinajstić information content (AvgIpc) is 2.48. The zero-order valence-electron chi connectivity index (χ0n) is 12.3. The lowest BCUT2D eigenvalue weighted by Gasteiger charge is -2.45. The monoisotopic (exact) mass is 277 g/mol. The van der Waals surface area contributed by atoms with E-state index in [-0.39, 0.29) is 5.60 Å². The lowest BCUT2D eigenvalue weighted by atomic mass is 9.91. The first-order valence-electron chi connectivity index (χ1n) is 7.29. The molecule has 0 amide bonds. The number of morpholine rings is 1. The van der Waals surface area contributed by atoms with Gasteiger partial charge in [0.1, 0.15) is 5.82 Å². The summed E-state index contributed by atoms with van der Waals surface area (Å²) < 4.78 is 6.08. The Labute approximate surface area is 120 Å². The van der Waals surface area contributed by atoms with Crippen LogP contribution in [-0.4, -0.2) is 62.5 Å². The van der Waals surface area contributed by atoms with Crippen molar-refractivity contribution in [3.05, 3.63) is 12.3 Å². The molecule has 0 aromatic carbocycles. The van der Waals surface area contributed by atoms with E-state index in [2.05, 4.69) is 20.2 Å². The highest BCUT2D eigenvalue weighted by atomic mass is 16.5. The highest BCUT2D eigenvalue weighted by molar-refractivity contribution is 5.44. The molecule has 0 saturated carbocycles. The summed E-state index contributed by atoms with van der Waals surface area (Å²) in [6, 6.07) is 1.99. The van der Waals surface area contributed by atoms with Crippen molar-refractivity contribution in [3.63, 3.8) is 0 Å². The summed E-state index contributed by atoms with van der Waals surface area (Å²) in [5, 5.41) is 3.45. The van der Waals surface area contributed by atoms with E-state index in [0.717, 1.165) is 57.4 Å². The number of anilines is 2. The van der Waals surface area contributed by atoms with Crippen LogP contribution in [0.1, 0.15) is 12.8 Å². The number of piperidine rings is 1. The molecule has 0 aliphatic carbocycles. The van der Waals surface area contributed by atoms with Gasteiger partial charge in [0.25, 0.3) is 0 Å². The fraction of sp³-hybridized carbons (Fsp3) is 0.714. The Balaban J connectivity index is 1.78. The lowest BCUT2D eigenvalue weighted by Crippen LogP contribution is -2.59. The summed E-state index contributed by atoms with van der Waals surface area (Å²) in [6.45, 7) is 4.65. The summed E-state index contributed by atoms with van der Waals surface area (Å²) in [7, 11) is 3.93. The van der Waals surface area contributed by atoms with Crippen LogP contribution >= 0.6 is 0 Å². The van der Waals surface area contributed by atoms with Crippen LogP contribution in [0.5, 0.6) is 0 Å². The summed E-state index contributed by atoms with van der Waals surface area (Å²) in [4.78, 5) is 13.2. The third kappa shape index (κ3) is 2.71. The number of nitrogens with zero attached hydrogens (tertiary/aromatic N) is 4. The fourth-order valence-corrected chi connectivity index (χ4v) is 2.99. The van der Waals surface area contributed by atoms with E-state index in [1.165, 1.54) is 0 Å². The third-order valence-electron chi connectivity index (χ3n) is 4.03. The molecule has 20 heavy (non-hydrogen) atoms. The third-order valence-corrected chi connectivity index (χ3v) is 4.03. The number of hydrogen-bond acceptors (Lipinski definition) is 6. The van der Waals surface area contributed by atoms with Crippen LogP contribution in [0, 0.1) is 0 Å². The van der Waals surface area contributed by atoms with Crippen LogP contribution in [0.25, 0.3) is 0 Å². The van der Waals surface area contributed by atoms with Gasteiger partial charge in [-0.25, -0.2) is 4.98 Å². The zero-order chi connectivity index (χ0) is 14.0. The Hall–Kier alpha value is -1.40. The molecule has 0 radical (unpaired) electrons. The topological polar surface area (TPSA) is 53.5 Å². The van der Waals surface area contributed by atoms with Crippen molar-refractivity contribution in [1.82, 2.24) is 15.3 Å². The second-order valence-electron chi connectivity index (χ2n) is 5.84. The predicted molar refractivity (Wildman–Crippen MR) is 79.4 cm³/mol. The molecule has 1 N–H and O–H groups in total. The van der Waals surface area contributed by atoms with E-state index in [4.69, 9.17) is 4.74 Å². The molecule has 2 aliphatic rings. The second kappa shape index (κ2) is 5.54. The number of ether oxygens (including phenoxy) is 1. The van der Waals surface area contributed by atoms with E-state index in [0.29, 0.717) is 0 Å². The molecule has 2 saturated heterocycles. The molecule has 110 valence electrons. The quantitative estimate of drug-likeness (QED) is 0.850. The van der Waals surface area contributed by atoms with Crippen LogP contribution < -0.4 is 15.1 Å². The van der Waals surface area contributed by atoms with Crippen molar-refractivity contribution >= 4 is 11.8 Å². The minimum absolute atomic E-state index is 0.0419. The molecular weight excluding hydrogens is 254 g/mol. The predicted octanol–water partition coefficient (Wildman–Crippen LogP) is 0.501. The van der Waals surface area contributed by atoms with Crippen LogP contribution in [0.4, 0.5) is 11.8 Å². The second-order valence-corrected chi connectivity index (χ2v) is 5.84. The van der Waals surface area contributed by atoms with E-state index >= 15 is 0 Å². The largest absolute Gasteiger partial charge is 0.371 e. The molecule has 1 atom stereocenters. The van der Waals surface area contributed by atoms with Crippen molar-refractivity contribution in [2.75, 3.05) is 56.7 Å². The maximum Gasteiger partial charge on any atom is 0.226 e. The van der Waals surface area contributed by atoms with Crippen LogP contribution in [-0.2, 0) is 4.74 Å². The Morgan fingerprint density at radius 3 is 3.10 bits per heavy atom. The highest BCUT2D eigenvalue weighted by Crippen LogP contribution is 2.29. The van der Waals surface area contributed by atoms with Gasteiger partial charge in [0.05, 0.1) is 12.2 Å². The van der Waals surface area contributed by atoms with Crippen molar-refractivity contribution in [2.24, 2.45) is 0 Å². The Kier molecular flexibility index (Phi) is 3.76. The first-order valence-corrected chi connectivity index (χ1v) is 7.29. The van der Waals surface area contributed by atoms with Gasteiger partial charge < -0.3 is 19.9 Å². The van der Waals surface area contributed by atoms with Gasteiger partial charge >= 0.3 is 0 Å². The van der Waals surface area contributed by atoms with Gasteiger partial charge in [0.2, 0.25) is 5.95 Å². The molecule has 1 aromatic rings. The number of nitrogens with one attached hydrogen (secondary N) is 1. The molecule has 0 unspecified atom stereocenters. The van der Waals surface area contributed by atoms with E-state index in [9.17, 15) is 0 Å². The summed E-state index contributed by atoms with van der Waals surface area (Å²) in [5.41, 5.74) is -0.0419. The first kappa shape index (κ1) is 13.6. The van der Waals surface area contributed by atoms with Crippen LogP contribution in [0.3, 0.4) is 0 Å². The average molecular weight is 277 g/mol. The van der Waals surface area contributed by atoms with Crippen molar-refractivity contribution in [3.8, 4) is 0 Å². The first-order chi connectivity index (χ1) is 9.69. The molecule has 6 nitrogen and oxygen atoms in total. The standard InChI is InChI=1S/C14H23N5O/c1-18(2)13-16-6-4-12(17-13)19-8-3-5-14(11-19)10-15-7-9-20-14/h4,6,15H,3,5,7-11H2,1-2H3/t14-/m0/s1. The fourth-order valence-electron chi connectivity index (χ4n) is 2.99. The number of hydrogen-bond donors (Lipinski definition) is 1. The normalized spacial score (nSPS) is 26.8. The van der Waals surface area contributed by atoms with E-state index in [1.54, 1.807) is 0 Å². The molecule has 6 heteroatoms. The van der Waals surface area contributed by atoms with Gasteiger partial charge in [-0.05, 0) is 18.9 Å². The maximum atomic E-state index is 6.08. The van der Waals surface area contributed by atoms with Crippen LogP contribution in [0.2, 0.25) is 0 Å². The summed E-state index contributed by atoms with van der Waals surface area (Å²) >= 11 is 0. The Morgan fingerprint density at radius 1 is 1.45 bits per heavy atom. The van der Waals surface area contributed by atoms with Crippen LogP contribution in [0.15, 0.2) is 12.3 Å². The van der Waals surface area contributed by atoms with Crippen molar-refractivity contribution in [1.29, 1.82) is 0 Å². The Morgan fingerprint density at radius 2 is 2.35 bits per heavy atom. The van der Waals surface area contributed by atoms with Gasteiger partial charge in [0, 0.05) is 46.5 Å². The minimum atomic E-state index is -0.0419. The molecule has 2 fully saturated rings. The maximum absolute atomic E-state index is 6.08. The van der Waals surface area contributed by atoms with Crippen molar-refractivity contribution in [2.45, 2.75) is 18.4 Å². The summed E-state index contributed by atoms with van der Waals surface area (Å²) in [6.07, 6.45) is 4.10.